The number of Topliss-reactive ketones (excluding diaryl/α,β-unsaturated/α-hetero) is 2. The van der Waals surface area contributed by atoms with Crippen molar-refractivity contribution >= 4 is 17.5 Å². The van der Waals surface area contributed by atoms with Gasteiger partial charge in [-0.15, -0.1) is 0 Å². The second-order valence-electron chi connectivity index (χ2n) is 11.2. The number of nitrogens with two attached hydrogens (primary N) is 1. The van der Waals surface area contributed by atoms with Crippen LogP contribution in [0.25, 0.3) is 0 Å². The van der Waals surface area contributed by atoms with Gasteiger partial charge in [0.1, 0.15) is 22.8 Å². The number of nitrogens with zero attached hydrogens (tertiary/aromatic N) is 1. The van der Waals surface area contributed by atoms with Crippen molar-refractivity contribution in [1.82, 2.24) is 4.90 Å². The van der Waals surface area contributed by atoms with E-state index in [0.717, 1.165) is 0 Å². The summed E-state index contributed by atoms with van der Waals surface area (Å²) in [6.07, 6.45) is -0.948. The summed E-state index contributed by atoms with van der Waals surface area (Å²) in [7, 11) is 3.00. The van der Waals surface area contributed by atoms with Gasteiger partial charge in [0.2, 0.25) is 5.78 Å². The SMILES string of the molecule is CCC(C)(C)c1ccc2c(c1O)C(=O)C1=C(O)C3(O)C(=O)C(C(N)=O)=C(O)C(N(C)C)C3C(O)C1C2C. The van der Waals surface area contributed by atoms with E-state index in [1.807, 2.05) is 20.8 Å². The molecule has 0 saturated carbocycles. The highest BCUT2D eigenvalue weighted by atomic mass is 16.4. The zero-order valence-electron chi connectivity index (χ0n) is 21.7. The molecule has 4 rings (SSSR count). The number of aliphatic hydroxyl groups excluding tert-OH is 3. The molecule has 7 N–H and O–H groups in total. The number of hydrogen-bond acceptors (Lipinski definition) is 9. The third kappa shape index (κ3) is 3.32. The molecule has 10 heteroatoms. The average Bonchev–Trinajstić information content (AvgIpc) is 2.80. The van der Waals surface area contributed by atoms with Gasteiger partial charge in [-0.1, -0.05) is 39.8 Å². The lowest BCUT2D eigenvalue weighted by atomic mass is 9.55. The third-order valence-corrected chi connectivity index (χ3v) is 8.74. The van der Waals surface area contributed by atoms with Crippen LogP contribution in [0, 0.1) is 11.8 Å². The largest absolute Gasteiger partial charge is 0.510 e. The second kappa shape index (κ2) is 8.41. The Labute approximate surface area is 214 Å². The molecule has 10 nitrogen and oxygen atoms in total. The van der Waals surface area contributed by atoms with Gasteiger partial charge in [-0.25, -0.2) is 0 Å². The Kier molecular flexibility index (Phi) is 6.10. The van der Waals surface area contributed by atoms with Crippen molar-refractivity contribution in [1.29, 1.82) is 0 Å². The number of benzene rings is 1. The fourth-order valence-corrected chi connectivity index (χ4v) is 6.36. The second-order valence-corrected chi connectivity index (χ2v) is 11.2. The normalized spacial score (nSPS) is 31.9. The number of amides is 1. The lowest BCUT2D eigenvalue weighted by molar-refractivity contribution is -0.162. The molecule has 37 heavy (non-hydrogen) atoms. The van der Waals surface area contributed by atoms with E-state index in [4.69, 9.17) is 5.73 Å². The summed E-state index contributed by atoms with van der Waals surface area (Å²) in [4.78, 5) is 40.8. The third-order valence-electron chi connectivity index (χ3n) is 8.74. The van der Waals surface area contributed by atoms with Crippen LogP contribution in [-0.4, -0.2) is 79.7 Å². The summed E-state index contributed by atoms with van der Waals surface area (Å²) in [6.45, 7) is 7.47. The van der Waals surface area contributed by atoms with Gasteiger partial charge in [0.15, 0.2) is 11.4 Å². The monoisotopic (exact) mass is 514 g/mol. The summed E-state index contributed by atoms with van der Waals surface area (Å²) in [5.41, 5.74) is 1.51. The molecule has 1 aromatic rings. The highest BCUT2D eigenvalue weighted by Gasteiger charge is 2.67. The first kappa shape index (κ1) is 26.8. The molecular formula is C27H34N2O8. The van der Waals surface area contributed by atoms with Crippen LogP contribution in [0.1, 0.15) is 61.5 Å². The van der Waals surface area contributed by atoms with E-state index >= 15 is 0 Å². The quantitative estimate of drug-likeness (QED) is 0.323. The van der Waals surface area contributed by atoms with Gasteiger partial charge in [0.25, 0.3) is 5.91 Å². The van der Waals surface area contributed by atoms with Crippen LogP contribution in [0.3, 0.4) is 0 Å². The zero-order valence-corrected chi connectivity index (χ0v) is 21.7. The van der Waals surface area contributed by atoms with Crippen molar-refractivity contribution in [3.63, 3.8) is 0 Å². The molecule has 3 aliphatic rings. The highest BCUT2D eigenvalue weighted by Crippen LogP contribution is 2.56. The van der Waals surface area contributed by atoms with Crippen molar-refractivity contribution in [3.8, 4) is 5.75 Å². The average molecular weight is 515 g/mol. The Morgan fingerprint density at radius 3 is 2.27 bits per heavy atom. The molecule has 200 valence electrons. The molecule has 0 aromatic heterocycles. The van der Waals surface area contributed by atoms with Crippen LogP contribution in [0.2, 0.25) is 0 Å². The lowest BCUT2D eigenvalue weighted by Gasteiger charge is -2.53. The topological polar surface area (TPSA) is 182 Å². The molecule has 6 atom stereocenters. The Morgan fingerprint density at radius 2 is 1.76 bits per heavy atom. The fourth-order valence-electron chi connectivity index (χ4n) is 6.36. The minimum absolute atomic E-state index is 0.0699. The van der Waals surface area contributed by atoms with Crippen LogP contribution < -0.4 is 5.73 Å². The molecule has 0 spiro atoms. The summed E-state index contributed by atoms with van der Waals surface area (Å²) >= 11 is 0. The summed E-state index contributed by atoms with van der Waals surface area (Å²) < 4.78 is 0. The minimum Gasteiger partial charge on any atom is -0.510 e. The highest BCUT2D eigenvalue weighted by molar-refractivity contribution is 6.25. The molecule has 0 aliphatic heterocycles. The maximum Gasteiger partial charge on any atom is 0.255 e. The van der Waals surface area contributed by atoms with Crippen LogP contribution in [0.4, 0.5) is 0 Å². The van der Waals surface area contributed by atoms with Gasteiger partial charge in [-0.2, -0.15) is 0 Å². The number of hydrogen-bond donors (Lipinski definition) is 6. The van der Waals surface area contributed by atoms with Crippen molar-refractivity contribution in [3.05, 3.63) is 51.5 Å². The Balaban J connectivity index is 2.04. The predicted molar refractivity (Wildman–Crippen MR) is 133 cm³/mol. The summed E-state index contributed by atoms with van der Waals surface area (Å²) in [5.74, 6) is -8.81. The number of aromatic hydroxyl groups is 1. The van der Waals surface area contributed by atoms with E-state index in [1.165, 1.54) is 19.0 Å². The zero-order chi connectivity index (χ0) is 27.9. The van der Waals surface area contributed by atoms with Gasteiger partial charge >= 0.3 is 0 Å². The summed E-state index contributed by atoms with van der Waals surface area (Å²) in [5, 5.41) is 56.8. The van der Waals surface area contributed by atoms with Crippen LogP contribution in [0.15, 0.2) is 34.8 Å². The van der Waals surface area contributed by atoms with Crippen molar-refractivity contribution in [2.45, 2.75) is 63.2 Å². The fraction of sp³-hybridized carbons (Fsp3) is 0.519. The van der Waals surface area contributed by atoms with E-state index in [0.29, 0.717) is 17.5 Å². The minimum atomic E-state index is -2.92. The standard InChI is InChI=1S/C27H34N2O8/c1-7-26(3,4)12-9-8-11-10(2)13-15(20(31)14(11)19(12)30)23(34)27(37)17(21(13)32)18(29(5)6)22(33)16(24(27)35)25(28)36/h8-10,13,17-18,21,30,32-34,37H,7H2,1-6H3,(H2,28,36). The predicted octanol–water partition coefficient (Wildman–Crippen LogP) is 1.34. The van der Waals surface area contributed by atoms with Crippen LogP contribution >= 0.6 is 0 Å². The number of phenols is 1. The molecule has 6 unspecified atom stereocenters. The molecule has 0 radical (unpaired) electrons. The smallest absolute Gasteiger partial charge is 0.255 e. The van der Waals surface area contributed by atoms with Crippen LogP contribution in [-0.2, 0) is 15.0 Å². The Bertz CT molecular complexity index is 1290. The maximum atomic E-state index is 13.9. The number of carbonyl (C=O) groups excluding carboxylic acids is 3. The van der Waals surface area contributed by atoms with Crippen molar-refractivity contribution in [2.24, 2.45) is 17.6 Å². The molecule has 1 aromatic carbocycles. The molecule has 0 fully saturated rings. The first-order valence-corrected chi connectivity index (χ1v) is 12.2. The van der Waals surface area contributed by atoms with E-state index in [9.17, 15) is 39.9 Å². The first-order valence-electron chi connectivity index (χ1n) is 12.2. The van der Waals surface area contributed by atoms with Gasteiger partial charge in [-0.3, -0.25) is 19.3 Å². The number of aliphatic hydroxyl groups is 4. The number of fused-ring (bicyclic) bond motifs is 3. The van der Waals surface area contributed by atoms with E-state index in [1.54, 1.807) is 19.1 Å². The van der Waals surface area contributed by atoms with E-state index in [-0.39, 0.29) is 11.3 Å². The van der Waals surface area contributed by atoms with Gasteiger partial charge in [0, 0.05) is 17.1 Å². The maximum absolute atomic E-state index is 13.9. The Morgan fingerprint density at radius 1 is 1.16 bits per heavy atom. The molecule has 0 saturated heterocycles. The molecule has 1 amide bonds. The molecule has 0 bridgehead atoms. The number of primary amides is 1. The van der Waals surface area contributed by atoms with Crippen molar-refractivity contribution < 1.29 is 39.9 Å². The molecule has 0 heterocycles. The van der Waals surface area contributed by atoms with Crippen molar-refractivity contribution in [2.75, 3.05) is 14.1 Å². The van der Waals surface area contributed by atoms with Gasteiger partial charge in [-0.05, 0) is 37.4 Å². The van der Waals surface area contributed by atoms with E-state index in [2.05, 4.69) is 0 Å². The lowest BCUT2D eigenvalue weighted by Crippen LogP contribution is -2.68. The first-order chi connectivity index (χ1) is 17.0. The van der Waals surface area contributed by atoms with Gasteiger partial charge in [0.05, 0.1) is 23.6 Å². The molecular weight excluding hydrogens is 480 g/mol. The number of rotatable bonds is 4. The summed E-state index contributed by atoms with van der Waals surface area (Å²) in [6, 6.07) is 2.17. The molecule has 3 aliphatic carbocycles. The number of carbonyl (C=O) groups is 3. The number of ketones is 2. The van der Waals surface area contributed by atoms with Gasteiger partial charge < -0.3 is 31.3 Å². The van der Waals surface area contributed by atoms with Crippen LogP contribution in [0.5, 0.6) is 5.75 Å². The number of phenolic OH excluding ortho intramolecular Hbond substituents is 1. The van der Waals surface area contributed by atoms with E-state index < -0.39 is 81.1 Å². The number of likely N-dealkylation sites (N-methyl/N-ethyl adjacent to an activating group) is 1. The Hall–Kier alpha value is -3.21.